The summed E-state index contributed by atoms with van der Waals surface area (Å²) < 4.78 is 11.4. The van der Waals surface area contributed by atoms with Crippen LogP contribution in [-0.4, -0.2) is 19.1 Å². The molecule has 0 amide bonds. The van der Waals surface area contributed by atoms with Crippen LogP contribution >= 0.6 is 0 Å². The number of rotatable bonds is 6. The van der Waals surface area contributed by atoms with E-state index in [2.05, 4.69) is 265 Å². The zero-order valence-corrected chi connectivity index (χ0v) is 47.8. The molecule has 8 aromatic carbocycles. The number of pyridine rings is 2. The summed E-state index contributed by atoms with van der Waals surface area (Å²) in [4.78, 5) is 11.9. The van der Waals surface area contributed by atoms with E-state index in [-0.39, 0.29) is 37.3 Å². The molecule has 0 aliphatic carbocycles. The maximum Gasteiger partial charge on any atom is 0.135 e. The van der Waals surface area contributed by atoms with Crippen molar-refractivity contribution in [3.05, 3.63) is 230 Å². The molecule has 13 rings (SSSR count). The predicted molar refractivity (Wildman–Crippen MR) is 321 cm³/mol. The molecule has 0 unspecified atom stereocenters. The largest absolute Gasteiger partial charge is 0.508 e. The second-order valence-corrected chi connectivity index (χ2v) is 23.7. The van der Waals surface area contributed by atoms with Gasteiger partial charge in [-0.15, -0.1) is 23.6 Å². The number of hydrogen-bond donors (Lipinski definition) is 0. The molecule has 0 radical (unpaired) electrons. The van der Waals surface area contributed by atoms with Gasteiger partial charge in [-0.05, 0) is 147 Å². The standard InChI is InChI=1S/C71H60N5O.Pt/c1-69(2,3)48-30-28-45(29-31-48)46-36-47(38-50(37-46)71(7,8)9)54-23-16-24-61-57-20-12-10-18-55(57)56-19-11-13-21-58(56)62-25-17-27-64-68(62)75(67(54)61)44-74(64)51-40-53(43-72-42-51)77-52-32-33-60-59-22-14-15-26-63(59)76(65(60)41-52)66-39-49(34-35-73-66)70(4,5)6;/h10-39,42-44H,1-9H3;/q-3;. The summed E-state index contributed by atoms with van der Waals surface area (Å²) in [6, 6.07) is 71.6. The van der Waals surface area contributed by atoms with Gasteiger partial charge in [0, 0.05) is 50.0 Å². The monoisotopic (exact) mass is 1190 g/mol. The molecule has 0 saturated heterocycles. The third-order valence-electron chi connectivity index (χ3n) is 15.5. The quantitative estimate of drug-likeness (QED) is 0.156. The predicted octanol–water partition coefficient (Wildman–Crippen LogP) is 18.8. The number of para-hydroxylation sites is 3. The van der Waals surface area contributed by atoms with Gasteiger partial charge in [0.15, 0.2) is 0 Å². The van der Waals surface area contributed by atoms with Crippen LogP contribution in [0, 0.1) is 18.8 Å². The van der Waals surface area contributed by atoms with Gasteiger partial charge in [0.25, 0.3) is 0 Å². The summed E-state index contributed by atoms with van der Waals surface area (Å²) in [6.45, 7) is 22.6. The summed E-state index contributed by atoms with van der Waals surface area (Å²) in [7, 11) is 0. The Bertz CT molecular complexity index is 4410. The normalized spacial score (nSPS) is 12.7. The molecule has 0 spiro atoms. The molecule has 0 saturated carbocycles. The average Bonchev–Trinajstić information content (AvgIpc) is 4.22. The number of aromatic nitrogens is 4. The van der Waals surface area contributed by atoms with Gasteiger partial charge in [-0.1, -0.05) is 213 Å². The first-order valence-corrected chi connectivity index (χ1v) is 26.7. The van der Waals surface area contributed by atoms with E-state index in [1.54, 1.807) is 6.20 Å². The number of ether oxygens (including phenoxy) is 1. The second kappa shape index (κ2) is 19.1. The van der Waals surface area contributed by atoms with Gasteiger partial charge in [0.05, 0.1) is 0 Å². The van der Waals surface area contributed by atoms with Crippen LogP contribution in [0.25, 0.3) is 93.2 Å². The Labute approximate surface area is 471 Å². The Balaban J connectivity index is 0.00000609. The first kappa shape index (κ1) is 50.6. The summed E-state index contributed by atoms with van der Waals surface area (Å²) in [5.74, 6) is 1.86. The smallest absolute Gasteiger partial charge is 0.135 e. The van der Waals surface area contributed by atoms with Gasteiger partial charge in [-0.2, -0.15) is 6.07 Å². The second-order valence-electron chi connectivity index (χ2n) is 23.7. The Hall–Kier alpha value is -8.18. The fourth-order valence-corrected chi connectivity index (χ4v) is 11.3. The average molecular weight is 1190 g/mol. The molecule has 388 valence electrons. The molecule has 7 heteroatoms. The zero-order chi connectivity index (χ0) is 53.0. The van der Waals surface area contributed by atoms with E-state index in [4.69, 9.17) is 14.7 Å². The summed E-state index contributed by atoms with van der Waals surface area (Å²) in [6.07, 6.45) is 5.50. The van der Waals surface area contributed by atoms with Gasteiger partial charge in [-0.25, -0.2) is 4.98 Å². The number of benzene rings is 8. The Morgan fingerprint density at radius 2 is 1.06 bits per heavy atom. The Morgan fingerprint density at radius 3 is 1.74 bits per heavy atom. The van der Waals surface area contributed by atoms with Gasteiger partial charge < -0.3 is 23.8 Å². The summed E-state index contributed by atoms with van der Waals surface area (Å²) in [5, 5.41) is 9.14. The topological polar surface area (TPSA) is 48.1 Å². The van der Waals surface area contributed by atoms with E-state index in [0.29, 0.717) is 11.5 Å². The maximum atomic E-state index is 6.75. The minimum Gasteiger partial charge on any atom is -0.508 e. The van der Waals surface area contributed by atoms with Crippen molar-refractivity contribution >= 4 is 76.5 Å². The van der Waals surface area contributed by atoms with E-state index < -0.39 is 0 Å². The number of anilines is 2. The molecule has 0 bridgehead atoms. The molecule has 0 atom stereocenters. The number of hydrogen-bond acceptors (Lipinski definition) is 4. The van der Waals surface area contributed by atoms with Crippen molar-refractivity contribution in [2.45, 2.75) is 78.6 Å². The van der Waals surface area contributed by atoms with Crippen molar-refractivity contribution in [3.63, 3.8) is 0 Å². The van der Waals surface area contributed by atoms with Crippen molar-refractivity contribution in [2.24, 2.45) is 0 Å². The van der Waals surface area contributed by atoms with Gasteiger partial charge >= 0.3 is 0 Å². The molecule has 78 heavy (non-hydrogen) atoms. The number of nitrogens with zero attached hydrogens (tertiary/aromatic N) is 5. The summed E-state index contributed by atoms with van der Waals surface area (Å²) in [5.41, 5.74) is 14.2. The maximum absolute atomic E-state index is 6.75. The minimum absolute atomic E-state index is 0. The van der Waals surface area contributed by atoms with Crippen molar-refractivity contribution < 1.29 is 25.8 Å². The van der Waals surface area contributed by atoms with Crippen LogP contribution in [0.5, 0.6) is 11.5 Å². The van der Waals surface area contributed by atoms with Crippen molar-refractivity contribution in [2.75, 3.05) is 4.90 Å². The molecule has 0 N–H and O–H groups in total. The van der Waals surface area contributed by atoms with Crippen LogP contribution in [0.4, 0.5) is 11.4 Å². The van der Waals surface area contributed by atoms with E-state index in [0.717, 1.165) is 82.7 Å². The van der Waals surface area contributed by atoms with E-state index in [9.17, 15) is 0 Å². The van der Waals surface area contributed by atoms with Crippen LogP contribution in [0.2, 0.25) is 0 Å². The van der Waals surface area contributed by atoms with Gasteiger partial charge in [0.2, 0.25) is 0 Å². The van der Waals surface area contributed by atoms with Crippen molar-refractivity contribution in [3.8, 4) is 39.6 Å². The molecule has 5 heterocycles. The van der Waals surface area contributed by atoms with Crippen LogP contribution in [0.1, 0.15) is 79.0 Å². The van der Waals surface area contributed by atoms with E-state index >= 15 is 0 Å². The number of fused-ring (bicyclic) bond motifs is 10. The van der Waals surface area contributed by atoms with Crippen molar-refractivity contribution in [1.29, 1.82) is 0 Å². The Morgan fingerprint density at radius 1 is 0.462 bits per heavy atom. The van der Waals surface area contributed by atoms with Crippen molar-refractivity contribution in [1.82, 2.24) is 19.1 Å². The van der Waals surface area contributed by atoms with E-state index in [1.807, 2.05) is 18.5 Å². The van der Waals surface area contributed by atoms with Crippen LogP contribution in [-0.2, 0) is 37.3 Å². The van der Waals surface area contributed by atoms with E-state index in [1.165, 1.54) is 38.6 Å². The molecule has 4 aromatic heterocycles. The van der Waals surface area contributed by atoms with Crippen LogP contribution in [0.15, 0.2) is 195 Å². The third kappa shape index (κ3) is 8.77. The molecule has 12 aromatic rings. The fourth-order valence-electron chi connectivity index (χ4n) is 11.3. The minimum atomic E-state index is -0.117. The van der Waals surface area contributed by atoms with Crippen LogP contribution < -0.4 is 9.64 Å². The molecule has 0 fully saturated rings. The zero-order valence-electron chi connectivity index (χ0n) is 45.5. The molecular weight excluding hydrogens is 1130 g/mol. The van der Waals surface area contributed by atoms with Gasteiger partial charge in [0.1, 0.15) is 5.82 Å². The first-order valence-electron chi connectivity index (χ1n) is 26.7. The first-order chi connectivity index (χ1) is 37.1. The van der Waals surface area contributed by atoms with Gasteiger partial charge in [-0.3, -0.25) is 0 Å². The molecular formula is C71H60N5OPt-3. The SMILES string of the molecule is CC(C)(C)c1ccc(-c2cc(-c3cccc4c5ccccc5c5ccccc5c5cccc6c5n(c34)[CH-]N6c3[c-]c(Oc4[c-]c5c(cc4)c4ccccc4n5-c4cc(C(C)(C)C)ccn4)cnc3)cc(C(C)(C)C)c2)cc1.[Pt]. The summed E-state index contributed by atoms with van der Waals surface area (Å²) >= 11 is 0. The third-order valence-corrected chi connectivity index (χ3v) is 15.5. The molecule has 1 aliphatic heterocycles. The Kier molecular flexibility index (Phi) is 12.4. The molecule has 6 nitrogen and oxygen atoms in total. The molecule has 1 aliphatic rings. The van der Waals surface area contributed by atoms with Crippen LogP contribution in [0.3, 0.4) is 0 Å². The fraction of sp³-hybridized carbons (Fsp3) is 0.169.